The molecule has 4 nitrogen and oxygen atoms in total. The van der Waals surface area contributed by atoms with E-state index in [2.05, 4.69) is 5.32 Å². The molecule has 1 aromatic rings. The maximum Gasteiger partial charge on any atom is 0.326 e. The molecule has 114 valence electrons. The Labute approximate surface area is 125 Å². The number of hydrogen-bond donors (Lipinski definition) is 2. The van der Waals surface area contributed by atoms with Gasteiger partial charge in [0.15, 0.2) is 0 Å². The highest BCUT2D eigenvalue weighted by molar-refractivity contribution is 5.94. The number of carbonyl (C=O) groups is 2. The van der Waals surface area contributed by atoms with Crippen molar-refractivity contribution in [1.82, 2.24) is 5.32 Å². The molecule has 0 aliphatic carbocycles. The molecule has 1 amide bonds. The van der Waals surface area contributed by atoms with Crippen LogP contribution in [0.15, 0.2) is 24.3 Å². The second-order valence-corrected chi connectivity index (χ2v) is 6.34. The van der Waals surface area contributed by atoms with Crippen molar-refractivity contribution >= 4 is 18.0 Å². The smallest absolute Gasteiger partial charge is 0.326 e. The first-order valence-electron chi connectivity index (χ1n) is 6.90. The maximum atomic E-state index is 11.9. The third kappa shape index (κ3) is 5.06. The Morgan fingerprint density at radius 2 is 1.86 bits per heavy atom. The minimum absolute atomic E-state index is 0.405. The van der Waals surface area contributed by atoms with Crippen molar-refractivity contribution in [1.29, 1.82) is 0 Å². The van der Waals surface area contributed by atoms with Crippen molar-refractivity contribution in [3.05, 3.63) is 41.0 Å². The molecule has 0 bridgehead atoms. The number of rotatable bonds is 4. The fraction of sp³-hybridized carbons (Fsp3) is 0.412. The van der Waals surface area contributed by atoms with Gasteiger partial charge in [0.25, 0.3) is 0 Å². The van der Waals surface area contributed by atoms with E-state index in [0.29, 0.717) is 0 Å². The van der Waals surface area contributed by atoms with Crippen molar-refractivity contribution in [2.75, 3.05) is 0 Å². The molecule has 0 saturated carbocycles. The van der Waals surface area contributed by atoms with Gasteiger partial charge in [0.2, 0.25) is 5.91 Å². The first-order valence-corrected chi connectivity index (χ1v) is 6.90. The zero-order chi connectivity index (χ0) is 16.2. The predicted octanol–water partition coefficient (Wildman–Crippen LogP) is 2.93. The average Bonchev–Trinajstić information content (AvgIpc) is 2.33. The molecule has 0 saturated heterocycles. The molecule has 0 aliphatic heterocycles. The highest BCUT2D eigenvalue weighted by Crippen LogP contribution is 2.19. The van der Waals surface area contributed by atoms with Crippen LogP contribution in [0.3, 0.4) is 0 Å². The van der Waals surface area contributed by atoms with Gasteiger partial charge in [0.05, 0.1) is 0 Å². The molecule has 0 spiro atoms. The molecule has 21 heavy (non-hydrogen) atoms. The highest BCUT2D eigenvalue weighted by Gasteiger charge is 2.31. The van der Waals surface area contributed by atoms with E-state index in [1.54, 1.807) is 26.8 Å². The van der Waals surface area contributed by atoms with Crippen molar-refractivity contribution in [2.24, 2.45) is 5.41 Å². The van der Waals surface area contributed by atoms with Gasteiger partial charge in [-0.3, -0.25) is 4.79 Å². The molecular weight excluding hydrogens is 266 g/mol. The number of carboxylic acids is 1. The Bertz CT molecular complexity index is 568. The summed E-state index contributed by atoms with van der Waals surface area (Å²) in [6, 6.07) is 5.02. The SMILES string of the molecule is Cc1ccc(/C=C/C(=O)NC(C(=O)O)C(C)(C)C)c(C)c1. The minimum Gasteiger partial charge on any atom is -0.480 e. The van der Waals surface area contributed by atoms with Crippen molar-refractivity contribution < 1.29 is 14.7 Å². The lowest BCUT2D eigenvalue weighted by atomic mass is 9.87. The Balaban J connectivity index is 2.81. The lowest BCUT2D eigenvalue weighted by Gasteiger charge is -2.27. The summed E-state index contributed by atoms with van der Waals surface area (Å²) >= 11 is 0. The number of amides is 1. The molecule has 0 radical (unpaired) electrons. The van der Waals surface area contributed by atoms with Crippen LogP contribution in [0.1, 0.15) is 37.5 Å². The Morgan fingerprint density at radius 3 is 2.33 bits per heavy atom. The van der Waals surface area contributed by atoms with Gasteiger partial charge >= 0.3 is 5.97 Å². The molecule has 0 aromatic heterocycles. The van der Waals surface area contributed by atoms with E-state index < -0.39 is 23.3 Å². The van der Waals surface area contributed by atoms with Gasteiger partial charge in [-0.15, -0.1) is 0 Å². The number of nitrogens with one attached hydrogen (secondary N) is 1. The van der Waals surface area contributed by atoms with Crippen LogP contribution >= 0.6 is 0 Å². The number of aliphatic carboxylic acids is 1. The van der Waals surface area contributed by atoms with Gasteiger partial charge in [-0.1, -0.05) is 44.5 Å². The zero-order valence-corrected chi connectivity index (χ0v) is 13.2. The van der Waals surface area contributed by atoms with Crippen LogP contribution in [0, 0.1) is 19.3 Å². The van der Waals surface area contributed by atoms with Crippen LogP contribution in [-0.4, -0.2) is 23.0 Å². The third-order valence-electron chi connectivity index (χ3n) is 3.24. The van der Waals surface area contributed by atoms with Gasteiger partial charge in [0.1, 0.15) is 6.04 Å². The molecule has 1 aromatic carbocycles. The summed E-state index contributed by atoms with van der Waals surface area (Å²) in [6.45, 7) is 9.31. The molecule has 2 N–H and O–H groups in total. The fourth-order valence-corrected chi connectivity index (χ4v) is 2.02. The molecule has 1 unspecified atom stereocenters. The van der Waals surface area contributed by atoms with Crippen LogP contribution in [0.2, 0.25) is 0 Å². The molecule has 1 rings (SSSR count). The van der Waals surface area contributed by atoms with E-state index in [1.165, 1.54) is 6.08 Å². The monoisotopic (exact) mass is 289 g/mol. The minimum atomic E-state index is -1.03. The lowest BCUT2D eigenvalue weighted by molar-refractivity contribution is -0.144. The Hall–Kier alpha value is -2.10. The summed E-state index contributed by atoms with van der Waals surface area (Å²) in [5, 5.41) is 11.7. The molecule has 1 atom stereocenters. The fourth-order valence-electron chi connectivity index (χ4n) is 2.02. The maximum absolute atomic E-state index is 11.9. The average molecular weight is 289 g/mol. The number of carbonyl (C=O) groups excluding carboxylic acids is 1. The van der Waals surface area contributed by atoms with Crippen molar-refractivity contribution in [3.63, 3.8) is 0 Å². The summed E-state index contributed by atoms with van der Waals surface area (Å²) in [7, 11) is 0. The molecule has 0 aliphatic rings. The van der Waals surface area contributed by atoms with E-state index in [4.69, 9.17) is 0 Å². The largest absolute Gasteiger partial charge is 0.480 e. The first-order chi connectivity index (χ1) is 9.61. The molecule has 0 heterocycles. The molecule has 0 fully saturated rings. The zero-order valence-electron chi connectivity index (χ0n) is 13.2. The quantitative estimate of drug-likeness (QED) is 0.837. The van der Waals surface area contributed by atoms with Gasteiger partial charge in [-0.2, -0.15) is 0 Å². The predicted molar refractivity (Wildman–Crippen MR) is 84.0 cm³/mol. The van der Waals surface area contributed by atoms with Gasteiger partial charge in [-0.25, -0.2) is 4.79 Å². The van der Waals surface area contributed by atoms with Crippen LogP contribution in [0.4, 0.5) is 0 Å². The Morgan fingerprint density at radius 1 is 1.24 bits per heavy atom. The van der Waals surface area contributed by atoms with E-state index in [1.807, 2.05) is 32.0 Å². The van der Waals surface area contributed by atoms with Crippen LogP contribution in [-0.2, 0) is 9.59 Å². The van der Waals surface area contributed by atoms with Crippen LogP contribution in [0.25, 0.3) is 6.08 Å². The summed E-state index contributed by atoms with van der Waals surface area (Å²) in [5.74, 6) is -1.44. The number of carboxylic acid groups (broad SMARTS) is 1. The summed E-state index contributed by atoms with van der Waals surface area (Å²) < 4.78 is 0. The molecular formula is C17H23NO3. The second kappa shape index (κ2) is 6.57. The third-order valence-corrected chi connectivity index (χ3v) is 3.24. The normalized spacial score (nSPS) is 13.2. The van der Waals surface area contributed by atoms with E-state index in [9.17, 15) is 14.7 Å². The summed E-state index contributed by atoms with van der Waals surface area (Å²) in [6.07, 6.45) is 3.07. The van der Waals surface area contributed by atoms with E-state index >= 15 is 0 Å². The number of hydrogen-bond acceptors (Lipinski definition) is 2. The number of benzene rings is 1. The second-order valence-electron chi connectivity index (χ2n) is 6.34. The number of aryl methyl sites for hydroxylation is 2. The van der Waals surface area contributed by atoms with Crippen molar-refractivity contribution in [2.45, 2.75) is 40.7 Å². The van der Waals surface area contributed by atoms with E-state index in [-0.39, 0.29) is 0 Å². The topological polar surface area (TPSA) is 66.4 Å². The standard InChI is InChI=1S/C17H23NO3/c1-11-6-7-13(12(2)10-11)8-9-14(19)18-15(16(20)21)17(3,4)5/h6-10,15H,1-5H3,(H,18,19)(H,20,21)/b9-8+. The summed E-state index contributed by atoms with van der Waals surface area (Å²) in [4.78, 5) is 23.1. The van der Waals surface area contributed by atoms with Crippen LogP contribution < -0.4 is 5.32 Å². The summed E-state index contributed by atoms with van der Waals surface area (Å²) in [5.41, 5.74) is 2.63. The first kappa shape index (κ1) is 17.0. The van der Waals surface area contributed by atoms with E-state index in [0.717, 1.165) is 16.7 Å². The lowest BCUT2D eigenvalue weighted by Crippen LogP contribution is -2.48. The van der Waals surface area contributed by atoms with Gasteiger partial charge in [-0.05, 0) is 36.5 Å². The molecule has 4 heteroatoms. The Kier molecular flexibility index (Phi) is 5.30. The van der Waals surface area contributed by atoms with Gasteiger partial charge < -0.3 is 10.4 Å². The van der Waals surface area contributed by atoms with Crippen molar-refractivity contribution in [3.8, 4) is 0 Å². The highest BCUT2D eigenvalue weighted by atomic mass is 16.4. The van der Waals surface area contributed by atoms with Crippen LogP contribution in [0.5, 0.6) is 0 Å². The van der Waals surface area contributed by atoms with Gasteiger partial charge in [0, 0.05) is 6.08 Å².